The van der Waals surface area contributed by atoms with Crippen molar-refractivity contribution in [2.45, 2.75) is 137 Å². The van der Waals surface area contributed by atoms with Gasteiger partial charge in [0.2, 0.25) is 5.69 Å². The van der Waals surface area contributed by atoms with Crippen molar-refractivity contribution in [3.05, 3.63) is 136 Å². The summed E-state index contributed by atoms with van der Waals surface area (Å²) in [5, 5.41) is 18.2. The van der Waals surface area contributed by atoms with E-state index in [4.69, 9.17) is 9.84 Å². The number of methoxy groups -OCH3 is 1. The molecule has 9 heteroatoms. The van der Waals surface area contributed by atoms with E-state index >= 15 is 0 Å². The van der Waals surface area contributed by atoms with Crippen LogP contribution in [0.25, 0.3) is 21.5 Å². The molecule has 2 aliphatic rings. The van der Waals surface area contributed by atoms with Gasteiger partial charge in [-0.2, -0.15) is 4.58 Å². The van der Waals surface area contributed by atoms with E-state index in [0.29, 0.717) is 0 Å². The number of thioether (sulfide) groups is 2. The number of nitrogens with one attached hydrogen (secondary N) is 1. The number of esters is 1. The normalized spacial score (nSPS) is 16.7. The molecule has 0 saturated heterocycles. The van der Waals surface area contributed by atoms with Gasteiger partial charge in [0.25, 0.3) is 0 Å². The number of hydrogen-bond donors (Lipinski definition) is 1. The standard InChI is InChI=1S/C55H66N4O2S3/c1-9-12-29-46(51(60)61-8)62-52-57-58-53(64-52)63-50-40(31-34-47(56-36-13-10-2)54(4,5)44-28-20-23-38-21-15-17-26-42(38)44)24-19-25-41(50)32-35-48-55(6,7)49-43-27-18-16-22-39(43)30-33-45(49)59(48)37-14-11-3/h15-18,20-23,26-28,30-35,46H,9-14,19,24-25,29,36-37H2,1-8H3/p+1. The third-order valence-corrected chi connectivity index (χ3v) is 16.5. The van der Waals surface area contributed by atoms with Crippen molar-refractivity contribution in [2.24, 2.45) is 0 Å². The van der Waals surface area contributed by atoms with Crippen LogP contribution in [0.2, 0.25) is 0 Å². The number of rotatable bonds is 20. The van der Waals surface area contributed by atoms with Crippen LogP contribution >= 0.6 is 34.9 Å². The predicted octanol–water partition coefficient (Wildman–Crippen LogP) is 14.8. The first kappa shape index (κ1) is 47.5. The van der Waals surface area contributed by atoms with Crippen molar-refractivity contribution < 1.29 is 14.1 Å². The molecular weight excluding hydrogens is 845 g/mol. The van der Waals surface area contributed by atoms with Crippen LogP contribution in [0, 0.1) is 0 Å². The minimum atomic E-state index is -0.295. The summed E-state index contributed by atoms with van der Waals surface area (Å²) in [6.07, 6.45) is 19.8. The summed E-state index contributed by atoms with van der Waals surface area (Å²) in [7, 11) is 1.47. The lowest BCUT2D eigenvalue weighted by atomic mass is 9.78. The first-order chi connectivity index (χ1) is 31.0. The summed E-state index contributed by atoms with van der Waals surface area (Å²) < 4.78 is 9.47. The first-order valence-corrected chi connectivity index (χ1v) is 26.0. The molecule has 0 spiro atoms. The van der Waals surface area contributed by atoms with Gasteiger partial charge in [-0.15, -0.1) is 10.2 Å². The highest BCUT2D eigenvalue weighted by molar-refractivity contribution is 8.06. The van der Waals surface area contributed by atoms with Crippen LogP contribution < -0.4 is 5.32 Å². The van der Waals surface area contributed by atoms with Crippen molar-refractivity contribution in [1.82, 2.24) is 15.5 Å². The minimum absolute atomic E-state index is 0.185. The number of fused-ring (bicyclic) bond motifs is 4. The third kappa shape index (κ3) is 10.5. The van der Waals surface area contributed by atoms with E-state index in [1.807, 2.05) is 0 Å². The Hall–Kier alpha value is -4.44. The molecule has 5 aromatic rings. The Morgan fingerprint density at radius 3 is 2.33 bits per heavy atom. The van der Waals surface area contributed by atoms with Crippen LogP contribution in [0.15, 0.2) is 134 Å². The van der Waals surface area contributed by atoms with Crippen LogP contribution in [0.1, 0.15) is 124 Å². The summed E-state index contributed by atoms with van der Waals surface area (Å²) in [6.45, 7) is 18.1. The Labute approximate surface area is 394 Å². The maximum atomic E-state index is 12.8. The topological polar surface area (TPSA) is 67.1 Å². The quantitative estimate of drug-likeness (QED) is 0.0361. The highest BCUT2D eigenvalue weighted by Gasteiger charge is 2.45. The summed E-state index contributed by atoms with van der Waals surface area (Å²) in [5.74, 6) is -0.201. The van der Waals surface area contributed by atoms with Gasteiger partial charge in [-0.3, -0.25) is 4.79 Å². The molecule has 0 bridgehead atoms. The second kappa shape index (κ2) is 21.7. The molecule has 336 valence electrons. The van der Waals surface area contributed by atoms with Crippen molar-refractivity contribution in [3.8, 4) is 0 Å². The highest BCUT2D eigenvalue weighted by atomic mass is 32.2. The fraction of sp³-hybridized carbons (Fsp3) is 0.418. The molecule has 64 heavy (non-hydrogen) atoms. The van der Waals surface area contributed by atoms with Crippen LogP contribution in [0.5, 0.6) is 0 Å². The molecule has 0 radical (unpaired) electrons. The summed E-state index contributed by atoms with van der Waals surface area (Å²) in [6, 6.07) is 28.9. The van der Waals surface area contributed by atoms with Crippen LogP contribution in [-0.2, 0) is 20.4 Å². The fourth-order valence-corrected chi connectivity index (χ4v) is 12.9. The predicted molar refractivity (Wildman–Crippen MR) is 275 cm³/mol. The van der Waals surface area contributed by atoms with Crippen LogP contribution in [0.3, 0.4) is 0 Å². The van der Waals surface area contributed by atoms with Gasteiger partial charge in [-0.25, -0.2) is 0 Å². The largest absolute Gasteiger partial charge is 0.468 e. The molecule has 7 rings (SSSR count). The molecule has 2 heterocycles. The lowest BCUT2D eigenvalue weighted by molar-refractivity contribution is -0.438. The zero-order valence-corrected chi connectivity index (χ0v) is 41.7. The number of allylic oxidation sites excluding steroid dienone is 7. The summed E-state index contributed by atoms with van der Waals surface area (Å²) >= 11 is 4.79. The molecule has 4 aromatic carbocycles. The average molecular weight is 912 g/mol. The molecular formula is C55H67N4O2S3+. The van der Waals surface area contributed by atoms with Gasteiger partial charge < -0.3 is 10.1 Å². The average Bonchev–Trinajstić information content (AvgIpc) is 3.84. The number of nitrogens with zero attached hydrogens (tertiary/aromatic N) is 3. The Kier molecular flexibility index (Phi) is 16.1. The number of ether oxygens (including phenoxy) is 1. The molecule has 1 atom stereocenters. The van der Waals surface area contributed by atoms with E-state index in [9.17, 15) is 4.79 Å². The number of benzene rings is 4. The first-order valence-electron chi connectivity index (χ1n) is 23.5. The van der Waals surface area contributed by atoms with E-state index < -0.39 is 0 Å². The highest BCUT2D eigenvalue weighted by Crippen LogP contribution is 2.47. The Bertz CT molecular complexity index is 2610. The smallest absolute Gasteiger partial charge is 0.319 e. The summed E-state index contributed by atoms with van der Waals surface area (Å²) in [5.41, 5.74) is 8.80. The molecule has 1 unspecified atom stereocenters. The van der Waals surface area contributed by atoms with Gasteiger partial charge in [0.05, 0.1) is 12.5 Å². The lowest BCUT2D eigenvalue weighted by Gasteiger charge is -2.31. The molecule has 1 aromatic heterocycles. The van der Waals surface area contributed by atoms with Gasteiger partial charge in [0, 0.05) is 46.7 Å². The molecule has 0 saturated carbocycles. The second-order valence-corrected chi connectivity index (χ2v) is 21.8. The van der Waals surface area contributed by atoms with Gasteiger partial charge in [0.1, 0.15) is 11.8 Å². The van der Waals surface area contributed by atoms with Gasteiger partial charge in [-0.1, -0.05) is 174 Å². The minimum Gasteiger partial charge on any atom is -0.468 e. The number of aromatic nitrogens is 2. The Morgan fingerprint density at radius 1 is 0.875 bits per heavy atom. The molecule has 0 fully saturated rings. The maximum Gasteiger partial charge on any atom is 0.319 e. The Balaban J connectivity index is 1.33. The molecule has 1 N–H and O–H groups in total. The van der Waals surface area contributed by atoms with E-state index in [1.165, 1.54) is 84.7 Å². The van der Waals surface area contributed by atoms with Crippen molar-refractivity contribution >= 4 is 73.8 Å². The zero-order valence-electron chi connectivity index (χ0n) is 39.3. The van der Waals surface area contributed by atoms with Crippen molar-refractivity contribution in [3.63, 3.8) is 0 Å². The zero-order chi connectivity index (χ0) is 45.3. The van der Waals surface area contributed by atoms with E-state index in [0.717, 1.165) is 86.0 Å². The van der Waals surface area contributed by atoms with Crippen LogP contribution in [-0.4, -0.2) is 51.9 Å². The Morgan fingerprint density at radius 2 is 1.58 bits per heavy atom. The van der Waals surface area contributed by atoms with Gasteiger partial charge >= 0.3 is 5.97 Å². The second-order valence-electron chi connectivity index (χ2n) is 18.1. The fourth-order valence-electron chi connectivity index (χ4n) is 9.35. The van der Waals surface area contributed by atoms with E-state index in [-0.39, 0.29) is 22.0 Å². The molecule has 6 nitrogen and oxygen atoms in total. The number of carbonyl (C=O) groups excluding carboxylic acids is 1. The van der Waals surface area contributed by atoms with Gasteiger partial charge in [0.15, 0.2) is 14.4 Å². The number of hydrogen-bond acceptors (Lipinski definition) is 8. The number of carbonyl (C=O) groups is 1. The summed E-state index contributed by atoms with van der Waals surface area (Å²) in [4.78, 5) is 14.0. The monoisotopic (exact) mass is 911 g/mol. The maximum absolute atomic E-state index is 12.8. The van der Waals surface area contributed by atoms with E-state index in [1.54, 1.807) is 23.1 Å². The SMILES string of the molecule is CCCCN/C(=C/C=C1\CCCC(/C=C/C2=[N+](CCCC)c3ccc4ccccc4c3C2(C)C)=C1Sc1nnc(SC(CCCC)C(=O)OC)s1)C(C)(C)c1cccc2ccccc12. The van der Waals surface area contributed by atoms with Crippen molar-refractivity contribution in [1.29, 1.82) is 0 Å². The van der Waals surface area contributed by atoms with E-state index in [2.05, 4.69) is 167 Å². The molecule has 0 amide bonds. The van der Waals surface area contributed by atoms with Crippen molar-refractivity contribution in [2.75, 3.05) is 20.2 Å². The third-order valence-electron chi connectivity index (χ3n) is 12.9. The molecule has 1 aliphatic carbocycles. The van der Waals surface area contributed by atoms with Gasteiger partial charge in [-0.05, 0) is 96.3 Å². The molecule has 1 aliphatic heterocycles. The van der Waals surface area contributed by atoms with Crippen LogP contribution in [0.4, 0.5) is 5.69 Å². The lowest BCUT2D eigenvalue weighted by Crippen LogP contribution is -2.31. The number of unbranched alkanes of at least 4 members (excludes halogenated alkanes) is 3.